The van der Waals surface area contributed by atoms with Crippen LogP contribution in [0.25, 0.3) is 11.2 Å². The molecule has 0 amide bonds. The number of ether oxygens (including phenoxy) is 3. The van der Waals surface area contributed by atoms with Crippen LogP contribution in [0.2, 0.25) is 0 Å². The summed E-state index contributed by atoms with van der Waals surface area (Å²) in [6.07, 6.45) is 11.8. The zero-order chi connectivity index (χ0) is 44.0. The van der Waals surface area contributed by atoms with Crippen LogP contribution in [-0.4, -0.2) is 62.4 Å². The first-order chi connectivity index (χ1) is 29.3. The number of halogens is 3. The van der Waals surface area contributed by atoms with E-state index >= 15 is 4.57 Å². The number of anilines is 1. The summed E-state index contributed by atoms with van der Waals surface area (Å²) in [5.74, 6) is -0.857. The maximum absolute atomic E-state index is 15.0. The van der Waals surface area contributed by atoms with Crippen LogP contribution in [0.15, 0.2) is 54.9 Å². The summed E-state index contributed by atoms with van der Waals surface area (Å²) in [5.41, 5.74) is 4.04. The quantitative estimate of drug-likeness (QED) is 0.0225. The Hall–Kier alpha value is -5.01. The lowest BCUT2D eigenvalue weighted by Crippen LogP contribution is -2.46. The first-order valence-electron chi connectivity index (χ1n) is 20.7. The lowest BCUT2D eigenvalue weighted by Gasteiger charge is -2.31. The van der Waals surface area contributed by atoms with Gasteiger partial charge in [0.1, 0.15) is 42.4 Å². The maximum Gasteiger partial charge on any atom is 0.459 e. The van der Waals surface area contributed by atoms with Gasteiger partial charge >= 0.3 is 25.8 Å². The molecule has 3 N–H and O–H groups in total. The second kappa shape index (κ2) is 22.2. The minimum atomic E-state index is -4.77. The molecule has 18 heteroatoms. The minimum absolute atomic E-state index is 0.0141. The highest BCUT2D eigenvalue weighted by atomic mass is 31.2. The van der Waals surface area contributed by atoms with Crippen molar-refractivity contribution >= 4 is 36.7 Å². The van der Waals surface area contributed by atoms with Crippen molar-refractivity contribution in [2.24, 2.45) is 5.92 Å². The number of nitrogens with zero attached hydrogens (tertiary/aromatic N) is 4. The van der Waals surface area contributed by atoms with Crippen LogP contribution < -0.4 is 15.3 Å². The van der Waals surface area contributed by atoms with Gasteiger partial charge in [-0.05, 0) is 48.6 Å². The number of nitrogen functional groups attached to an aromatic ring is 1. The highest BCUT2D eigenvalue weighted by Gasteiger charge is 2.53. The third-order valence-corrected chi connectivity index (χ3v) is 12.1. The molecule has 5 rings (SSSR count). The third-order valence-electron chi connectivity index (χ3n) is 10.5. The smallest absolute Gasteiger partial charge is 0.459 e. The van der Waals surface area contributed by atoms with Gasteiger partial charge in [-0.3, -0.25) is 18.7 Å². The third kappa shape index (κ3) is 13.0. The molecule has 0 aliphatic carbocycles. The van der Waals surface area contributed by atoms with Crippen LogP contribution in [0.4, 0.5) is 19.0 Å². The molecule has 4 aromatic rings. The monoisotopic (exact) mass is 870 g/mol. The molecule has 4 unspecified atom stereocenters. The number of aromatic nitrogens is 4. The number of imidazole rings is 1. The predicted molar refractivity (Wildman–Crippen MR) is 221 cm³/mol. The fourth-order valence-corrected chi connectivity index (χ4v) is 8.49. The van der Waals surface area contributed by atoms with Gasteiger partial charge in [0.2, 0.25) is 0 Å². The SMILES string of the molecule is C#CC1(CO[P@@](=O)(NC(Cc2cc(F)cc(F)c2)C(=O)OCC(CC)CC)Oc2ccccc2)OC(n2cnc3c(N)nc(F)nc32)CC1OC(=O)CCCCCCCCC. The summed E-state index contributed by atoms with van der Waals surface area (Å²) < 4.78 is 89.6. The van der Waals surface area contributed by atoms with Crippen LogP contribution in [0.5, 0.6) is 5.75 Å². The van der Waals surface area contributed by atoms with Gasteiger partial charge < -0.3 is 24.5 Å². The zero-order valence-electron chi connectivity index (χ0n) is 34.7. The molecule has 1 saturated heterocycles. The van der Waals surface area contributed by atoms with Crippen molar-refractivity contribution in [3.63, 3.8) is 0 Å². The Morgan fingerprint density at radius 1 is 1.03 bits per heavy atom. The number of carbonyl (C=O) groups is 2. The number of nitrogens with two attached hydrogens (primary N) is 1. The molecule has 330 valence electrons. The van der Waals surface area contributed by atoms with Gasteiger partial charge in [-0.15, -0.1) is 6.42 Å². The van der Waals surface area contributed by atoms with Crippen molar-refractivity contribution in [1.29, 1.82) is 0 Å². The average Bonchev–Trinajstić information content (AvgIpc) is 3.81. The van der Waals surface area contributed by atoms with Crippen molar-refractivity contribution in [2.75, 3.05) is 18.9 Å². The molecule has 5 atom stereocenters. The Kier molecular flexibility index (Phi) is 17.1. The molecule has 0 spiro atoms. The summed E-state index contributed by atoms with van der Waals surface area (Å²) in [5, 5.41) is 2.65. The molecule has 0 radical (unpaired) electrons. The van der Waals surface area contributed by atoms with Gasteiger partial charge in [-0.1, -0.05) is 96.3 Å². The number of hydrogen-bond donors (Lipinski definition) is 2. The molecule has 2 aromatic heterocycles. The van der Waals surface area contributed by atoms with Gasteiger partial charge in [0.25, 0.3) is 0 Å². The Labute approximate surface area is 354 Å². The standard InChI is InChI=1S/C43H54F3N6O8P/c1-5-9-10-11-12-13-17-20-37(53)58-35-25-36(52-28-48-38-39(47)49-42(46)50-40(38)52)59-43(35,8-4)27-57-61(55,60-33-18-15-14-16-19-33)51-34(41(54)56-26-29(6-2)7-3)23-30-21-31(44)24-32(45)22-30/h4,14-16,18-19,21-22,24,28-29,34-36H,5-7,9-13,17,20,23,25-27H2,1-3H3,(H,51,55)(H2,47,49,50)/t34?,35?,36?,43?,61-/m0/s1. The molecule has 1 aliphatic heterocycles. The largest absolute Gasteiger partial charge is 0.464 e. The van der Waals surface area contributed by atoms with Crippen LogP contribution in [-0.2, 0) is 39.3 Å². The number of benzene rings is 2. The molecule has 1 fully saturated rings. The molecule has 0 saturated carbocycles. The number of unbranched alkanes of at least 4 members (excludes halogenated alkanes) is 6. The van der Waals surface area contributed by atoms with Crippen molar-refractivity contribution < 1.29 is 50.6 Å². The second-order valence-electron chi connectivity index (χ2n) is 15.0. The molecule has 1 aliphatic rings. The Bertz CT molecular complexity index is 2150. The van der Waals surface area contributed by atoms with Crippen LogP contribution in [0, 0.1) is 36.0 Å². The predicted octanol–water partition coefficient (Wildman–Crippen LogP) is 8.55. The van der Waals surface area contributed by atoms with E-state index in [9.17, 15) is 22.8 Å². The molecule has 61 heavy (non-hydrogen) atoms. The lowest BCUT2D eigenvalue weighted by atomic mass is 9.98. The summed E-state index contributed by atoms with van der Waals surface area (Å²) in [6.45, 7) is 5.29. The van der Waals surface area contributed by atoms with Gasteiger partial charge in [0, 0.05) is 18.9 Å². The lowest BCUT2D eigenvalue weighted by molar-refractivity contribution is -0.158. The van der Waals surface area contributed by atoms with E-state index in [1.54, 1.807) is 18.2 Å². The van der Waals surface area contributed by atoms with E-state index in [2.05, 4.69) is 32.9 Å². The highest BCUT2D eigenvalue weighted by molar-refractivity contribution is 7.52. The van der Waals surface area contributed by atoms with E-state index < -0.39 is 74.4 Å². The topological polar surface area (TPSA) is 179 Å². The van der Waals surface area contributed by atoms with Gasteiger partial charge in [-0.2, -0.15) is 19.4 Å². The number of fused-ring (bicyclic) bond motifs is 1. The molecular formula is C43H54F3N6O8P. The van der Waals surface area contributed by atoms with Gasteiger partial charge in [0.05, 0.1) is 12.9 Å². The summed E-state index contributed by atoms with van der Waals surface area (Å²) in [6, 6.07) is 9.11. The van der Waals surface area contributed by atoms with Crippen molar-refractivity contribution in [1.82, 2.24) is 24.6 Å². The van der Waals surface area contributed by atoms with Crippen molar-refractivity contribution in [3.8, 4) is 18.1 Å². The summed E-state index contributed by atoms with van der Waals surface area (Å²) >= 11 is 0. The maximum atomic E-state index is 15.0. The van der Waals surface area contributed by atoms with Gasteiger partial charge in [0.15, 0.2) is 22.6 Å². The Morgan fingerprint density at radius 3 is 2.39 bits per heavy atom. The van der Waals surface area contributed by atoms with E-state index in [4.69, 9.17) is 35.4 Å². The van der Waals surface area contributed by atoms with E-state index in [0.29, 0.717) is 25.3 Å². The second-order valence-corrected chi connectivity index (χ2v) is 16.7. The highest BCUT2D eigenvalue weighted by Crippen LogP contribution is 2.49. The fourth-order valence-electron chi connectivity index (χ4n) is 6.97. The number of para-hydroxylation sites is 1. The van der Waals surface area contributed by atoms with Crippen LogP contribution >= 0.6 is 7.75 Å². The average molecular weight is 871 g/mol. The summed E-state index contributed by atoms with van der Waals surface area (Å²) in [4.78, 5) is 38.7. The van der Waals surface area contributed by atoms with Gasteiger partial charge in [-0.25, -0.2) is 18.3 Å². The van der Waals surface area contributed by atoms with E-state index in [0.717, 1.165) is 50.7 Å². The van der Waals surface area contributed by atoms with Crippen LogP contribution in [0.3, 0.4) is 0 Å². The fraction of sp³-hybridized carbons (Fsp3) is 0.512. The number of hydrogen-bond acceptors (Lipinski definition) is 12. The zero-order valence-corrected chi connectivity index (χ0v) is 35.6. The van der Waals surface area contributed by atoms with E-state index in [1.165, 1.54) is 23.0 Å². The number of terminal acetylenes is 1. The Morgan fingerprint density at radius 2 is 1.72 bits per heavy atom. The first-order valence-corrected chi connectivity index (χ1v) is 22.2. The van der Waals surface area contributed by atoms with Crippen molar-refractivity contribution in [3.05, 3.63) is 78.1 Å². The molecule has 3 heterocycles. The number of esters is 2. The molecule has 14 nitrogen and oxygen atoms in total. The number of carbonyl (C=O) groups excluding carboxylic acids is 2. The van der Waals surface area contributed by atoms with Crippen LogP contribution in [0.1, 0.15) is 103 Å². The number of rotatable bonds is 24. The first kappa shape index (κ1) is 47.0. The number of nitrogens with one attached hydrogen (secondary N) is 1. The molecule has 0 bridgehead atoms. The normalized spacial score (nSPS) is 19.0. The minimum Gasteiger partial charge on any atom is -0.464 e. The molecular weight excluding hydrogens is 816 g/mol. The Balaban J connectivity index is 1.46. The van der Waals surface area contributed by atoms with Crippen molar-refractivity contribution in [2.45, 2.75) is 122 Å². The van der Waals surface area contributed by atoms with E-state index in [-0.39, 0.29) is 53.7 Å². The van der Waals surface area contributed by atoms with E-state index in [1.807, 2.05) is 13.8 Å². The summed E-state index contributed by atoms with van der Waals surface area (Å²) in [7, 11) is -4.77. The molecule has 2 aromatic carbocycles.